The molecule has 242 valence electrons. The number of amidine groups is 1. The lowest BCUT2D eigenvalue weighted by Crippen LogP contribution is -2.51. The molecule has 1 aliphatic carbocycles. The van der Waals surface area contributed by atoms with Crippen LogP contribution in [0, 0.1) is 10.8 Å². The van der Waals surface area contributed by atoms with Crippen LogP contribution >= 0.6 is 11.3 Å². The van der Waals surface area contributed by atoms with Crippen LogP contribution in [0.5, 0.6) is 11.5 Å². The SMILES string of the molecule is CC(=O)NCCOC[C@@]12C[C@@H]1N(C(=O)CNC(=O)c1ccc(Oc3ccccc3)cc1)[C@H](C(=O)N[C@H](C)c1cc(C(=N)N)cs1)C2. The average molecular weight is 647 g/mol. The van der Waals surface area contributed by atoms with Crippen molar-refractivity contribution in [3.63, 3.8) is 0 Å². The Morgan fingerprint density at radius 3 is 2.43 bits per heavy atom. The molecule has 2 aromatic carbocycles. The van der Waals surface area contributed by atoms with Crippen LogP contribution in [0.4, 0.5) is 0 Å². The molecule has 46 heavy (non-hydrogen) atoms. The van der Waals surface area contributed by atoms with E-state index in [4.69, 9.17) is 20.6 Å². The number of carbonyl (C=O) groups is 4. The maximum absolute atomic E-state index is 13.6. The second-order valence-electron chi connectivity index (χ2n) is 11.6. The second kappa shape index (κ2) is 14.1. The number of hydrogen-bond donors (Lipinski definition) is 5. The van der Waals surface area contributed by atoms with E-state index in [1.165, 1.54) is 18.3 Å². The van der Waals surface area contributed by atoms with E-state index in [0.717, 1.165) is 4.88 Å². The Labute approximate surface area is 271 Å². The van der Waals surface area contributed by atoms with Crippen molar-refractivity contribution < 1.29 is 28.7 Å². The molecule has 0 spiro atoms. The summed E-state index contributed by atoms with van der Waals surface area (Å²) in [4.78, 5) is 53.7. The van der Waals surface area contributed by atoms with Gasteiger partial charge in [-0.2, -0.15) is 0 Å². The molecule has 1 aromatic heterocycles. The lowest BCUT2D eigenvalue weighted by Gasteiger charge is -2.28. The molecule has 1 saturated carbocycles. The van der Waals surface area contributed by atoms with Gasteiger partial charge in [-0.15, -0.1) is 11.3 Å². The van der Waals surface area contributed by atoms with Crippen molar-refractivity contribution in [1.29, 1.82) is 5.41 Å². The van der Waals surface area contributed by atoms with Crippen molar-refractivity contribution in [2.24, 2.45) is 11.1 Å². The number of fused-ring (bicyclic) bond motifs is 1. The van der Waals surface area contributed by atoms with E-state index in [1.807, 2.05) is 37.3 Å². The fraction of sp³-hybridized carbons (Fsp3) is 0.364. The topological polar surface area (TPSA) is 176 Å². The Balaban J connectivity index is 1.21. The van der Waals surface area contributed by atoms with Crippen molar-refractivity contribution in [2.75, 3.05) is 26.3 Å². The van der Waals surface area contributed by atoms with Gasteiger partial charge in [0.15, 0.2) is 0 Å². The molecule has 2 heterocycles. The van der Waals surface area contributed by atoms with Crippen molar-refractivity contribution >= 4 is 40.8 Å². The van der Waals surface area contributed by atoms with Crippen LogP contribution in [0.15, 0.2) is 66.0 Å². The van der Waals surface area contributed by atoms with Crippen LogP contribution in [-0.2, 0) is 19.1 Å². The van der Waals surface area contributed by atoms with Gasteiger partial charge in [-0.3, -0.25) is 24.6 Å². The maximum atomic E-state index is 13.6. The Morgan fingerprint density at radius 2 is 1.76 bits per heavy atom. The molecule has 2 fully saturated rings. The van der Waals surface area contributed by atoms with Crippen LogP contribution < -0.4 is 26.4 Å². The number of para-hydroxylation sites is 1. The van der Waals surface area contributed by atoms with Gasteiger partial charge in [-0.1, -0.05) is 18.2 Å². The Hall–Kier alpha value is -4.75. The fourth-order valence-corrected chi connectivity index (χ4v) is 6.66. The number of piperidine rings is 1. The molecule has 3 aromatic rings. The molecule has 4 atom stereocenters. The summed E-state index contributed by atoms with van der Waals surface area (Å²) in [5.41, 5.74) is 6.18. The number of carbonyl (C=O) groups excluding carboxylic acids is 4. The lowest BCUT2D eigenvalue weighted by molar-refractivity contribution is -0.139. The van der Waals surface area contributed by atoms with E-state index in [9.17, 15) is 19.2 Å². The van der Waals surface area contributed by atoms with E-state index in [1.54, 1.807) is 40.6 Å². The first-order chi connectivity index (χ1) is 22.1. The van der Waals surface area contributed by atoms with E-state index in [-0.39, 0.29) is 47.6 Å². The monoisotopic (exact) mass is 646 g/mol. The van der Waals surface area contributed by atoms with Gasteiger partial charge >= 0.3 is 0 Å². The smallest absolute Gasteiger partial charge is 0.251 e. The number of benzene rings is 2. The van der Waals surface area contributed by atoms with Gasteiger partial charge in [0.05, 0.1) is 25.8 Å². The summed E-state index contributed by atoms with van der Waals surface area (Å²) in [6, 6.07) is 16.4. The number of ether oxygens (including phenoxy) is 2. The Bertz CT molecular complexity index is 1600. The summed E-state index contributed by atoms with van der Waals surface area (Å²) in [5, 5.41) is 17.8. The summed E-state index contributed by atoms with van der Waals surface area (Å²) in [6.07, 6.45) is 1.10. The highest BCUT2D eigenvalue weighted by Gasteiger charge is 2.67. The summed E-state index contributed by atoms with van der Waals surface area (Å²) in [6.45, 7) is 4.03. The van der Waals surface area contributed by atoms with Crippen molar-refractivity contribution in [2.45, 2.75) is 44.8 Å². The molecule has 5 rings (SSSR count). The van der Waals surface area contributed by atoms with Gasteiger partial charge in [0.2, 0.25) is 17.7 Å². The molecule has 13 heteroatoms. The van der Waals surface area contributed by atoms with E-state index >= 15 is 0 Å². The number of thiophene rings is 1. The normalized spacial score (nSPS) is 20.3. The Kier molecular flexibility index (Phi) is 10.0. The quantitative estimate of drug-likeness (QED) is 0.102. The molecule has 1 saturated heterocycles. The fourth-order valence-electron chi connectivity index (χ4n) is 5.74. The van der Waals surface area contributed by atoms with Crippen molar-refractivity contribution in [1.82, 2.24) is 20.9 Å². The second-order valence-corrected chi connectivity index (χ2v) is 12.6. The number of amides is 4. The van der Waals surface area contributed by atoms with Crippen LogP contribution in [0.2, 0.25) is 0 Å². The number of nitrogens with two attached hydrogens (primary N) is 1. The highest BCUT2D eigenvalue weighted by Crippen LogP contribution is 2.59. The van der Waals surface area contributed by atoms with E-state index in [0.29, 0.717) is 55.2 Å². The Morgan fingerprint density at radius 1 is 1.04 bits per heavy atom. The number of rotatable bonds is 14. The van der Waals surface area contributed by atoms with Crippen LogP contribution in [0.1, 0.15) is 53.5 Å². The zero-order valence-corrected chi connectivity index (χ0v) is 26.5. The highest BCUT2D eigenvalue weighted by atomic mass is 32.1. The molecular weight excluding hydrogens is 608 g/mol. The average Bonchev–Trinajstić information content (AvgIpc) is 3.35. The summed E-state index contributed by atoms with van der Waals surface area (Å²) >= 11 is 1.39. The first kappa shape index (κ1) is 32.6. The number of likely N-dealkylation sites (tertiary alicyclic amines) is 1. The predicted octanol–water partition coefficient (Wildman–Crippen LogP) is 2.94. The molecule has 0 bridgehead atoms. The van der Waals surface area contributed by atoms with E-state index in [2.05, 4.69) is 16.0 Å². The van der Waals surface area contributed by atoms with Gasteiger partial charge in [0, 0.05) is 46.3 Å². The van der Waals surface area contributed by atoms with Gasteiger partial charge < -0.3 is 36.1 Å². The van der Waals surface area contributed by atoms with Gasteiger partial charge in [-0.05, 0) is 62.2 Å². The molecule has 6 N–H and O–H groups in total. The highest BCUT2D eigenvalue weighted by molar-refractivity contribution is 7.10. The minimum Gasteiger partial charge on any atom is -0.457 e. The molecule has 0 radical (unpaired) electrons. The van der Waals surface area contributed by atoms with Gasteiger partial charge in [0.25, 0.3) is 5.91 Å². The molecule has 2 aliphatic rings. The van der Waals surface area contributed by atoms with Crippen LogP contribution in [-0.4, -0.2) is 72.8 Å². The number of nitrogen functional groups attached to an aromatic ring is 1. The van der Waals surface area contributed by atoms with Crippen molar-refractivity contribution in [3.8, 4) is 11.5 Å². The zero-order valence-electron chi connectivity index (χ0n) is 25.7. The summed E-state index contributed by atoms with van der Waals surface area (Å²) in [7, 11) is 0. The minimum atomic E-state index is -0.744. The molecule has 4 amide bonds. The molecule has 1 aliphatic heterocycles. The van der Waals surface area contributed by atoms with Crippen LogP contribution in [0.3, 0.4) is 0 Å². The van der Waals surface area contributed by atoms with E-state index < -0.39 is 11.9 Å². The number of nitrogens with one attached hydrogen (secondary N) is 4. The molecule has 0 unspecified atom stereocenters. The van der Waals surface area contributed by atoms with Gasteiger partial charge in [-0.25, -0.2) is 0 Å². The first-order valence-corrected chi connectivity index (χ1v) is 15.9. The molecule has 12 nitrogen and oxygen atoms in total. The minimum absolute atomic E-state index is 0.0485. The van der Waals surface area contributed by atoms with Gasteiger partial charge in [0.1, 0.15) is 23.4 Å². The maximum Gasteiger partial charge on any atom is 0.251 e. The zero-order chi connectivity index (χ0) is 32.8. The molecular formula is C33H38N6O6S. The summed E-state index contributed by atoms with van der Waals surface area (Å²) < 4.78 is 11.6. The summed E-state index contributed by atoms with van der Waals surface area (Å²) in [5.74, 6) is -0.0259. The third kappa shape index (κ3) is 7.72. The van der Waals surface area contributed by atoms with Crippen LogP contribution in [0.25, 0.3) is 0 Å². The number of nitrogens with zero attached hydrogens (tertiary/aromatic N) is 1. The third-order valence-corrected chi connectivity index (χ3v) is 9.35. The predicted molar refractivity (Wildman–Crippen MR) is 173 cm³/mol. The van der Waals surface area contributed by atoms with Crippen molar-refractivity contribution in [3.05, 3.63) is 82.0 Å². The number of hydrogen-bond acceptors (Lipinski definition) is 8. The largest absolute Gasteiger partial charge is 0.457 e. The lowest BCUT2D eigenvalue weighted by atomic mass is 10.00. The third-order valence-electron chi connectivity index (χ3n) is 8.23. The first-order valence-electron chi connectivity index (χ1n) is 15.0. The standard InChI is InChI=1S/C33H38N6O6S/c1-20(27-14-23(18-46-27)30(34)35)38-32(43)26-15-33(19-44-13-12-36-21(2)40)16-28(33)39(26)29(41)17-37-31(42)22-8-10-25(11-9-22)45-24-6-4-3-5-7-24/h3-11,14,18,20,26,28H,12-13,15-17,19H2,1-2H3,(H3,34,35)(H,36,40)(H,37,42)(H,38,43)/t20-,26+,28+,33-/m1/s1.